The van der Waals surface area contributed by atoms with E-state index in [9.17, 15) is 4.79 Å². The van der Waals surface area contributed by atoms with Crippen LogP contribution in [0, 0.1) is 11.3 Å². The Hall–Kier alpha value is -2.45. The highest BCUT2D eigenvalue weighted by molar-refractivity contribution is 7.98. The largest absolute Gasteiger partial charge is 0.480 e. The number of nitriles is 1. The minimum atomic E-state index is -0.688. The highest BCUT2D eigenvalue weighted by atomic mass is 32.2. The van der Waals surface area contributed by atoms with Crippen molar-refractivity contribution in [1.82, 2.24) is 5.32 Å². The molecule has 24 heavy (non-hydrogen) atoms. The van der Waals surface area contributed by atoms with Crippen molar-refractivity contribution >= 4 is 17.7 Å². The number of thioether (sulfide) groups is 1. The fraction of sp³-hybridized carbons (Fsp3) is 0.263. The summed E-state index contributed by atoms with van der Waals surface area (Å²) in [4.78, 5) is 13.5. The SMILES string of the molecule is CSc1ccc(C(C)NC(=O)C(C)Oc2ccccc2C#N)cc1. The molecule has 5 heteroatoms. The predicted molar refractivity (Wildman–Crippen MR) is 96.0 cm³/mol. The van der Waals surface area contributed by atoms with E-state index in [1.54, 1.807) is 43.0 Å². The maximum absolute atomic E-state index is 12.3. The summed E-state index contributed by atoms with van der Waals surface area (Å²) >= 11 is 1.68. The Morgan fingerprint density at radius 1 is 1.17 bits per heavy atom. The van der Waals surface area contributed by atoms with Crippen LogP contribution >= 0.6 is 11.8 Å². The smallest absolute Gasteiger partial charge is 0.261 e. The van der Waals surface area contributed by atoms with Gasteiger partial charge in [-0.2, -0.15) is 5.26 Å². The number of carbonyl (C=O) groups excluding carboxylic acids is 1. The van der Waals surface area contributed by atoms with Crippen LogP contribution in [0.5, 0.6) is 5.75 Å². The lowest BCUT2D eigenvalue weighted by atomic mass is 10.1. The van der Waals surface area contributed by atoms with Crippen molar-refractivity contribution in [2.45, 2.75) is 30.9 Å². The normalized spacial score (nSPS) is 12.8. The topological polar surface area (TPSA) is 62.1 Å². The van der Waals surface area contributed by atoms with Crippen LogP contribution in [-0.4, -0.2) is 18.3 Å². The van der Waals surface area contributed by atoms with Crippen molar-refractivity contribution in [2.75, 3.05) is 6.26 Å². The summed E-state index contributed by atoms with van der Waals surface area (Å²) in [5.74, 6) is 0.198. The standard InChI is InChI=1S/C19H20N2O2S/c1-13(15-8-10-17(24-3)11-9-15)21-19(22)14(2)23-18-7-5-4-6-16(18)12-20/h4-11,13-14H,1-3H3,(H,21,22). The zero-order valence-corrected chi connectivity index (χ0v) is 14.8. The van der Waals surface area contributed by atoms with Gasteiger partial charge in [0, 0.05) is 4.90 Å². The molecule has 0 aliphatic rings. The molecule has 0 heterocycles. The van der Waals surface area contributed by atoms with Gasteiger partial charge in [0.15, 0.2) is 6.10 Å². The molecule has 1 amide bonds. The van der Waals surface area contributed by atoms with Gasteiger partial charge in [-0.15, -0.1) is 11.8 Å². The average molecular weight is 340 g/mol. The quantitative estimate of drug-likeness (QED) is 0.810. The molecule has 0 aliphatic heterocycles. The number of hydrogen-bond acceptors (Lipinski definition) is 4. The average Bonchev–Trinajstić information content (AvgIpc) is 2.62. The number of para-hydroxylation sites is 1. The van der Waals surface area contributed by atoms with Crippen LogP contribution in [0.3, 0.4) is 0 Å². The molecule has 0 spiro atoms. The zero-order valence-electron chi connectivity index (χ0n) is 13.9. The van der Waals surface area contributed by atoms with E-state index in [2.05, 4.69) is 11.4 Å². The van der Waals surface area contributed by atoms with Crippen LogP contribution in [-0.2, 0) is 4.79 Å². The summed E-state index contributed by atoms with van der Waals surface area (Å²) in [6.45, 7) is 3.61. The van der Waals surface area contributed by atoms with Gasteiger partial charge in [-0.05, 0) is 49.9 Å². The number of hydrogen-bond donors (Lipinski definition) is 1. The number of amides is 1. The molecular formula is C19H20N2O2S. The van der Waals surface area contributed by atoms with Crippen LogP contribution in [0.1, 0.15) is 31.0 Å². The monoisotopic (exact) mass is 340 g/mol. The molecule has 0 saturated carbocycles. The van der Waals surface area contributed by atoms with E-state index >= 15 is 0 Å². The van der Waals surface area contributed by atoms with Crippen molar-refractivity contribution in [2.24, 2.45) is 0 Å². The van der Waals surface area contributed by atoms with Crippen LogP contribution in [0.15, 0.2) is 53.4 Å². The van der Waals surface area contributed by atoms with Gasteiger partial charge in [0.1, 0.15) is 11.8 Å². The summed E-state index contributed by atoms with van der Waals surface area (Å²) < 4.78 is 5.63. The Bertz CT molecular complexity index is 738. The van der Waals surface area contributed by atoms with Crippen molar-refractivity contribution in [3.05, 3.63) is 59.7 Å². The first-order valence-corrected chi connectivity index (χ1v) is 8.87. The molecule has 2 aromatic rings. The van der Waals surface area contributed by atoms with E-state index in [1.807, 2.05) is 37.4 Å². The van der Waals surface area contributed by atoms with Crippen LogP contribution < -0.4 is 10.1 Å². The number of carbonyl (C=O) groups is 1. The molecule has 2 aromatic carbocycles. The maximum Gasteiger partial charge on any atom is 0.261 e. The van der Waals surface area contributed by atoms with Crippen molar-refractivity contribution in [3.63, 3.8) is 0 Å². The third-order valence-electron chi connectivity index (χ3n) is 3.66. The highest BCUT2D eigenvalue weighted by Gasteiger charge is 2.18. The summed E-state index contributed by atoms with van der Waals surface area (Å²) in [5, 5.41) is 12.0. The Labute approximate surface area is 146 Å². The fourth-order valence-electron chi connectivity index (χ4n) is 2.21. The van der Waals surface area contributed by atoms with E-state index in [1.165, 1.54) is 4.90 Å². The van der Waals surface area contributed by atoms with Crippen LogP contribution in [0.4, 0.5) is 0 Å². The molecule has 0 aromatic heterocycles. The summed E-state index contributed by atoms with van der Waals surface area (Å²) in [7, 11) is 0. The number of rotatable bonds is 6. The van der Waals surface area contributed by atoms with Crippen molar-refractivity contribution < 1.29 is 9.53 Å². The second-order valence-corrected chi connectivity index (χ2v) is 6.25. The van der Waals surface area contributed by atoms with E-state index in [-0.39, 0.29) is 11.9 Å². The fourth-order valence-corrected chi connectivity index (χ4v) is 2.62. The lowest BCUT2D eigenvalue weighted by Gasteiger charge is -2.19. The molecule has 2 rings (SSSR count). The molecule has 2 atom stereocenters. The third kappa shape index (κ3) is 4.53. The molecular weight excluding hydrogens is 320 g/mol. The number of ether oxygens (including phenoxy) is 1. The van der Waals surface area contributed by atoms with Crippen LogP contribution in [0.25, 0.3) is 0 Å². The molecule has 0 saturated heterocycles. The molecule has 1 N–H and O–H groups in total. The van der Waals surface area contributed by atoms with E-state index in [0.717, 1.165) is 5.56 Å². The lowest BCUT2D eigenvalue weighted by molar-refractivity contribution is -0.127. The third-order valence-corrected chi connectivity index (χ3v) is 4.40. The van der Waals surface area contributed by atoms with Gasteiger partial charge in [0.25, 0.3) is 5.91 Å². The molecule has 4 nitrogen and oxygen atoms in total. The Morgan fingerprint density at radius 3 is 2.46 bits per heavy atom. The number of nitrogens with zero attached hydrogens (tertiary/aromatic N) is 1. The first-order chi connectivity index (χ1) is 11.5. The molecule has 0 aliphatic carbocycles. The summed E-state index contributed by atoms with van der Waals surface area (Å²) in [6, 6.07) is 16.9. The Morgan fingerprint density at radius 2 is 1.83 bits per heavy atom. The van der Waals surface area contributed by atoms with Gasteiger partial charge in [-0.3, -0.25) is 4.79 Å². The molecule has 0 radical (unpaired) electrons. The minimum Gasteiger partial charge on any atom is -0.480 e. The second-order valence-electron chi connectivity index (χ2n) is 5.37. The van der Waals surface area contributed by atoms with E-state index < -0.39 is 6.10 Å². The minimum absolute atomic E-state index is 0.120. The molecule has 2 unspecified atom stereocenters. The lowest BCUT2D eigenvalue weighted by Crippen LogP contribution is -2.37. The Balaban J connectivity index is 1.99. The van der Waals surface area contributed by atoms with Gasteiger partial charge < -0.3 is 10.1 Å². The summed E-state index contributed by atoms with van der Waals surface area (Å²) in [6.07, 6.45) is 1.34. The van der Waals surface area contributed by atoms with Crippen molar-refractivity contribution in [3.8, 4) is 11.8 Å². The van der Waals surface area contributed by atoms with Gasteiger partial charge in [-0.1, -0.05) is 24.3 Å². The highest BCUT2D eigenvalue weighted by Crippen LogP contribution is 2.20. The maximum atomic E-state index is 12.3. The van der Waals surface area contributed by atoms with Gasteiger partial charge >= 0.3 is 0 Å². The molecule has 0 fully saturated rings. The Kier molecular flexibility index (Phi) is 6.28. The first kappa shape index (κ1) is 17.9. The van der Waals surface area contributed by atoms with Crippen LogP contribution in [0.2, 0.25) is 0 Å². The van der Waals surface area contributed by atoms with Gasteiger partial charge in [0.05, 0.1) is 11.6 Å². The predicted octanol–water partition coefficient (Wildman–Crippen LogP) is 3.92. The van der Waals surface area contributed by atoms with Crippen molar-refractivity contribution in [1.29, 1.82) is 5.26 Å². The van der Waals surface area contributed by atoms with Gasteiger partial charge in [-0.25, -0.2) is 0 Å². The van der Waals surface area contributed by atoms with Gasteiger partial charge in [0.2, 0.25) is 0 Å². The number of nitrogens with one attached hydrogen (secondary N) is 1. The second kappa shape index (κ2) is 8.42. The van der Waals surface area contributed by atoms with E-state index in [0.29, 0.717) is 11.3 Å². The molecule has 124 valence electrons. The first-order valence-electron chi connectivity index (χ1n) is 7.65. The zero-order chi connectivity index (χ0) is 17.5. The summed E-state index contributed by atoms with van der Waals surface area (Å²) in [5.41, 5.74) is 1.45. The number of benzene rings is 2. The molecule has 0 bridgehead atoms. The van der Waals surface area contributed by atoms with E-state index in [4.69, 9.17) is 10.00 Å².